The van der Waals surface area contributed by atoms with Gasteiger partial charge in [-0.2, -0.15) is 13.2 Å². The van der Waals surface area contributed by atoms with Crippen molar-refractivity contribution in [1.82, 2.24) is 0 Å². The number of nitrogens with zero attached hydrogens (tertiary/aromatic N) is 1. The molecular formula is C19H16F3N3O2. The van der Waals surface area contributed by atoms with Crippen LogP contribution in [0.3, 0.4) is 0 Å². The van der Waals surface area contributed by atoms with Crippen molar-refractivity contribution >= 4 is 28.9 Å². The number of rotatable bonds is 3. The van der Waals surface area contributed by atoms with Crippen LogP contribution in [0.15, 0.2) is 42.5 Å². The van der Waals surface area contributed by atoms with Crippen molar-refractivity contribution in [3.05, 3.63) is 53.6 Å². The van der Waals surface area contributed by atoms with E-state index in [0.717, 1.165) is 17.3 Å². The van der Waals surface area contributed by atoms with Gasteiger partial charge >= 0.3 is 6.18 Å². The summed E-state index contributed by atoms with van der Waals surface area (Å²) in [5.41, 5.74) is 1.29. The first-order valence-corrected chi connectivity index (χ1v) is 8.50. The lowest BCUT2D eigenvalue weighted by atomic mass is 10.1. The van der Waals surface area contributed by atoms with E-state index >= 15 is 0 Å². The fourth-order valence-electron chi connectivity index (χ4n) is 3.52. The van der Waals surface area contributed by atoms with Crippen LogP contribution in [0.4, 0.5) is 30.2 Å². The number of fused-ring (bicyclic) bond motifs is 1. The van der Waals surface area contributed by atoms with Crippen molar-refractivity contribution in [2.45, 2.75) is 25.1 Å². The number of amides is 2. The number of carbonyl (C=O) groups excluding carboxylic acids is 2. The normalized spacial score (nSPS) is 19.2. The highest BCUT2D eigenvalue weighted by molar-refractivity contribution is 6.02. The second-order valence-corrected chi connectivity index (χ2v) is 6.59. The highest BCUT2D eigenvalue weighted by atomic mass is 19.4. The first-order valence-electron chi connectivity index (χ1n) is 8.50. The van der Waals surface area contributed by atoms with Crippen molar-refractivity contribution in [2.24, 2.45) is 0 Å². The van der Waals surface area contributed by atoms with E-state index in [1.165, 1.54) is 23.1 Å². The predicted molar refractivity (Wildman–Crippen MR) is 94.6 cm³/mol. The van der Waals surface area contributed by atoms with Gasteiger partial charge < -0.3 is 15.5 Å². The minimum atomic E-state index is -4.53. The zero-order chi connectivity index (χ0) is 19.2. The van der Waals surface area contributed by atoms with E-state index in [2.05, 4.69) is 10.6 Å². The van der Waals surface area contributed by atoms with E-state index in [-0.39, 0.29) is 24.6 Å². The third kappa shape index (κ3) is 3.22. The molecule has 2 heterocycles. The number of hydrogen-bond donors (Lipinski definition) is 2. The zero-order valence-corrected chi connectivity index (χ0v) is 14.1. The van der Waals surface area contributed by atoms with Crippen molar-refractivity contribution in [2.75, 3.05) is 22.1 Å². The summed E-state index contributed by atoms with van der Waals surface area (Å²) >= 11 is 0. The van der Waals surface area contributed by atoms with Crippen LogP contribution in [0.1, 0.15) is 17.5 Å². The molecule has 2 aliphatic rings. The summed E-state index contributed by atoms with van der Waals surface area (Å²) in [6.45, 7) is 0.203. The average Bonchev–Trinajstić information content (AvgIpc) is 3.16. The fraction of sp³-hybridized carbons (Fsp3) is 0.263. The molecule has 4 rings (SSSR count). The largest absolute Gasteiger partial charge is 0.418 e. The highest BCUT2D eigenvalue weighted by Crippen LogP contribution is 2.38. The molecule has 8 heteroatoms. The lowest BCUT2D eigenvalue weighted by Crippen LogP contribution is -2.34. The molecule has 0 radical (unpaired) electrons. The van der Waals surface area contributed by atoms with Gasteiger partial charge in [-0.1, -0.05) is 12.1 Å². The maximum Gasteiger partial charge on any atom is 0.418 e. The molecule has 1 unspecified atom stereocenters. The van der Waals surface area contributed by atoms with Gasteiger partial charge in [0.15, 0.2) is 0 Å². The van der Waals surface area contributed by atoms with Crippen LogP contribution in [0.5, 0.6) is 0 Å². The summed E-state index contributed by atoms with van der Waals surface area (Å²) in [7, 11) is 0. The van der Waals surface area contributed by atoms with Gasteiger partial charge in [0.2, 0.25) is 11.8 Å². The molecule has 0 aromatic heterocycles. The van der Waals surface area contributed by atoms with Crippen LogP contribution < -0.4 is 15.5 Å². The van der Waals surface area contributed by atoms with Crippen LogP contribution in [0.25, 0.3) is 0 Å². The van der Waals surface area contributed by atoms with Gasteiger partial charge in [-0.3, -0.25) is 9.59 Å². The first kappa shape index (κ1) is 17.4. The molecule has 2 amide bonds. The van der Waals surface area contributed by atoms with Gasteiger partial charge in [0, 0.05) is 17.9 Å². The zero-order valence-electron chi connectivity index (χ0n) is 14.1. The lowest BCUT2D eigenvalue weighted by Gasteiger charge is -2.22. The number of anilines is 3. The Hall–Kier alpha value is -3.03. The molecule has 0 saturated carbocycles. The fourth-order valence-corrected chi connectivity index (χ4v) is 3.52. The summed E-state index contributed by atoms with van der Waals surface area (Å²) < 4.78 is 39.7. The Morgan fingerprint density at radius 3 is 2.67 bits per heavy atom. The minimum Gasteiger partial charge on any atom is -0.374 e. The van der Waals surface area contributed by atoms with E-state index in [0.29, 0.717) is 12.1 Å². The van der Waals surface area contributed by atoms with Gasteiger partial charge in [0.25, 0.3) is 0 Å². The van der Waals surface area contributed by atoms with E-state index in [4.69, 9.17) is 0 Å². The Morgan fingerprint density at radius 1 is 1.11 bits per heavy atom. The molecule has 2 aliphatic heterocycles. The van der Waals surface area contributed by atoms with Gasteiger partial charge in [-0.25, -0.2) is 0 Å². The number of nitrogens with one attached hydrogen (secondary N) is 2. The van der Waals surface area contributed by atoms with E-state index in [1.807, 2.05) is 0 Å². The third-order valence-electron chi connectivity index (χ3n) is 4.78. The quantitative estimate of drug-likeness (QED) is 0.864. The van der Waals surface area contributed by atoms with Gasteiger partial charge in [-0.05, 0) is 42.3 Å². The molecule has 0 bridgehead atoms. The summed E-state index contributed by atoms with van der Waals surface area (Å²) in [5.74, 6) is -0.490. The Labute approximate surface area is 153 Å². The Morgan fingerprint density at radius 2 is 1.89 bits per heavy atom. The van der Waals surface area contributed by atoms with Crippen LogP contribution in [0.2, 0.25) is 0 Å². The summed E-state index contributed by atoms with van der Waals surface area (Å²) in [5, 5.41) is 5.81. The number of benzene rings is 2. The van der Waals surface area contributed by atoms with Crippen LogP contribution in [-0.2, 0) is 22.2 Å². The maximum absolute atomic E-state index is 13.2. The van der Waals surface area contributed by atoms with Crippen LogP contribution >= 0.6 is 0 Å². The summed E-state index contributed by atoms with van der Waals surface area (Å²) in [6, 6.07) is 9.75. The van der Waals surface area contributed by atoms with E-state index in [1.54, 1.807) is 18.2 Å². The van der Waals surface area contributed by atoms with Crippen LogP contribution in [0, 0.1) is 0 Å². The Balaban J connectivity index is 1.54. The molecule has 27 heavy (non-hydrogen) atoms. The maximum atomic E-state index is 13.2. The molecule has 2 N–H and O–H groups in total. The molecule has 2 aromatic carbocycles. The molecule has 5 nitrogen and oxygen atoms in total. The van der Waals surface area contributed by atoms with Crippen molar-refractivity contribution < 1.29 is 22.8 Å². The van der Waals surface area contributed by atoms with Crippen LogP contribution in [-0.4, -0.2) is 24.4 Å². The smallest absolute Gasteiger partial charge is 0.374 e. The number of halogens is 3. The Kier molecular flexibility index (Phi) is 4.05. The molecular weight excluding hydrogens is 359 g/mol. The molecule has 2 aromatic rings. The van der Waals surface area contributed by atoms with Gasteiger partial charge in [0.1, 0.15) is 6.04 Å². The van der Waals surface area contributed by atoms with Gasteiger partial charge in [-0.15, -0.1) is 0 Å². The number of carbonyl (C=O) groups is 2. The second kappa shape index (κ2) is 6.29. The standard InChI is InChI=1S/C19H16F3N3O2/c20-19(21,22)13-3-1-2-4-16(13)25-8-7-15(18(25)27)23-12-5-6-14-11(9-12)10-17(26)24-14/h1-6,9,15,23H,7-8,10H2,(H,24,26). The van der Waals surface area contributed by atoms with Crippen molar-refractivity contribution in [3.8, 4) is 0 Å². The monoisotopic (exact) mass is 375 g/mol. The lowest BCUT2D eigenvalue weighted by molar-refractivity contribution is -0.137. The summed E-state index contributed by atoms with van der Waals surface area (Å²) in [6.07, 6.45) is -3.87. The SMILES string of the molecule is O=C1Cc2cc(NC3CCN(c4ccccc4C(F)(F)F)C3=O)ccc2N1. The molecule has 0 aliphatic carbocycles. The number of alkyl halides is 3. The first-order chi connectivity index (χ1) is 12.8. The third-order valence-corrected chi connectivity index (χ3v) is 4.78. The molecule has 1 fully saturated rings. The Bertz CT molecular complexity index is 927. The second-order valence-electron chi connectivity index (χ2n) is 6.59. The average molecular weight is 375 g/mol. The van der Waals surface area contributed by atoms with E-state index < -0.39 is 23.7 Å². The molecule has 0 spiro atoms. The number of hydrogen-bond acceptors (Lipinski definition) is 3. The van der Waals surface area contributed by atoms with Crippen molar-refractivity contribution in [1.29, 1.82) is 0 Å². The topological polar surface area (TPSA) is 61.4 Å². The highest BCUT2D eigenvalue weighted by Gasteiger charge is 2.39. The molecule has 1 saturated heterocycles. The molecule has 140 valence electrons. The molecule has 1 atom stereocenters. The van der Waals surface area contributed by atoms with E-state index in [9.17, 15) is 22.8 Å². The van der Waals surface area contributed by atoms with Crippen molar-refractivity contribution in [3.63, 3.8) is 0 Å². The minimum absolute atomic E-state index is 0.0889. The predicted octanol–water partition coefficient (Wildman–Crippen LogP) is 3.42. The number of para-hydroxylation sites is 1. The van der Waals surface area contributed by atoms with Gasteiger partial charge in [0.05, 0.1) is 17.7 Å². The summed E-state index contributed by atoms with van der Waals surface area (Å²) in [4.78, 5) is 25.3.